The van der Waals surface area contributed by atoms with E-state index in [2.05, 4.69) is 23.4 Å². The summed E-state index contributed by atoms with van der Waals surface area (Å²) in [5, 5.41) is 7.04. The lowest BCUT2D eigenvalue weighted by molar-refractivity contribution is 0.246. The number of carbonyl (C=O) groups is 1. The minimum Gasteiger partial charge on any atom is -0.333 e. The lowest BCUT2D eigenvalue weighted by atomic mass is 10.0. The first-order valence-corrected chi connectivity index (χ1v) is 6.77. The second kappa shape index (κ2) is 5.00. The van der Waals surface area contributed by atoms with E-state index in [9.17, 15) is 4.79 Å². The number of hydrogen-bond donors (Lipinski definition) is 1. The maximum absolute atomic E-state index is 12.3. The molecule has 3 rings (SSSR count). The molecule has 2 amide bonds. The zero-order chi connectivity index (χ0) is 14.1. The molecule has 1 aromatic heterocycles. The van der Waals surface area contributed by atoms with Gasteiger partial charge in [-0.3, -0.25) is 9.58 Å². The minimum atomic E-state index is -0.0503. The molecule has 1 unspecified atom stereocenters. The Morgan fingerprint density at radius 3 is 3.00 bits per heavy atom. The van der Waals surface area contributed by atoms with E-state index in [4.69, 9.17) is 0 Å². The number of aryl methyl sites for hydroxylation is 1. The van der Waals surface area contributed by atoms with Gasteiger partial charge in [0.1, 0.15) is 0 Å². The van der Waals surface area contributed by atoms with E-state index in [0.717, 1.165) is 17.8 Å². The third-order valence-corrected chi connectivity index (χ3v) is 3.66. The molecule has 5 heteroatoms. The first-order valence-electron chi connectivity index (χ1n) is 6.77. The van der Waals surface area contributed by atoms with E-state index in [1.54, 1.807) is 10.9 Å². The number of urea groups is 1. The molecule has 1 N–H and O–H groups in total. The van der Waals surface area contributed by atoms with Gasteiger partial charge in [-0.05, 0) is 11.6 Å². The molecule has 2 aromatic rings. The number of benzene rings is 1. The Labute approximate surface area is 118 Å². The number of aromatic nitrogens is 2. The van der Waals surface area contributed by atoms with Crippen molar-refractivity contribution < 1.29 is 4.79 Å². The molecule has 0 fully saturated rings. The van der Waals surface area contributed by atoms with Gasteiger partial charge in [0.15, 0.2) is 0 Å². The molecule has 2 heterocycles. The van der Waals surface area contributed by atoms with Crippen molar-refractivity contribution in [3.05, 3.63) is 47.8 Å². The van der Waals surface area contributed by atoms with Gasteiger partial charge in [-0.25, -0.2) is 4.79 Å². The Kier molecular flexibility index (Phi) is 3.18. The molecule has 1 aliphatic heterocycles. The van der Waals surface area contributed by atoms with Gasteiger partial charge in [-0.1, -0.05) is 25.1 Å². The zero-order valence-corrected chi connectivity index (χ0v) is 11.7. The van der Waals surface area contributed by atoms with E-state index in [1.807, 2.05) is 36.3 Å². The van der Waals surface area contributed by atoms with Crippen molar-refractivity contribution in [1.29, 1.82) is 0 Å². The number of rotatable bonds is 2. The SMILES string of the molecule is CC1CN(C(=O)NCc2cnn(C)c2)c2ccccc21. The van der Waals surface area contributed by atoms with Crippen molar-refractivity contribution in [2.75, 3.05) is 11.4 Å². The molecule has 0 saturated heterocycles. The van der Waals surface area contributed by atoms with Crippen LogP contribution in [0.15, 0.2) is 36.7 Å². The second-order valence-electron chi connectivity index (χ2n) is 5.25. The number of para-hydroxylation sites is 1. The van der Waals surface area contributed by atoms with Gasteiger partial charge in [0.05, 0.1) is 6.20 Å². The van der Waals surface area contributed by atoms with Gasteiger partial charge in [0.25, 0.3) is 0 Å². The summed E-state index contributed by atoms with van der Waals surface area (Å²) in [5.74, 6) is 0.385. The fourth-order valence-electron chi connectivity index (χ4n) is 2.65. The number of fused-ring (bicyclic) bond motifs is 1. The molecule has 0 saturated carbocycles. The largest absolute Gasteiger partial charge is 0.333 e. The second-order valence-corrected chi connectivity index (χ2v) is 5.25. The van der Waals surface area contributed by atoms with Crippen LogP contribution >= 0.6 is 0 Å². The molecule has 0 aliphatic carbocycles. The molecule has 1 aromatic carbocycles. The Morgan fingerprint density at radius 2 is 2.25 bits per heavy atom. The Hall–Kier alpha value is -2.30. The van der Waals surface area contributed by atoms with Crippen molar-refractivity contribution in [3.63, 3.8) is 0 Å². The molecular formula is C15H18N4O. The molecule has 5 nitrogen and oxygen atoms in total. The normalized spacial score (nSPS) is 17.1. The van der Waals surface area contributed by atoms with Gasteiger partial charge in [-0.15, -0.1) is 0 Å². The lowest BCUT2D eigenvalue weighted by Crippen LogP contribution is -2.38. The van der Waals surface area contributed by atoms with Gasteiger partial charge < -0.3 is 5.32 Å². The fraction of sp³-hybridized carbons (Fsp3) is 0.333. The number of hydrogen-bond acceptors (Lipinski definition) is 2. The highest BCUT2D eigenvalue weighted by Gasteiger charge is 2.29. The number of amides is 2. The van der Waals surface area contributed by atoms with Crippen LogP contribution in [0.3, 0.4) is 0 Å². The predicted molar refractivity (Wildman–Crippen MR) is 77.6 cm³/mol. The average Bonchev–Trinajstić information content (AvgIpc) is 3.01. The Morgan fingerprint density at radius 1 is 1.45 bits per heavy atom. The van der Waals surface area contributed by atoms with E-state index in [-0.39, 0.29) is 6.03 Å². The molecule has 0 radical (unpaired) electrons. The summed E-state index contributed by atoms with van der Waals surface area (Å²) in [7, 11) is 1.86. The van der Waals surface area contributed by atoms with Crippen LogP contribution in [0.2, 0.25) is 0 Å². The topological polar surface area (TPSA) is 50.2 Å². The van der Waals surface area contributed by atoms with Crippen LogP contribution < -0.4 is 10.2 Å². The smallest absolute Gasteiger partial charge is 0.322 e. The lowest BCUT2D eigenvalue weighted by Gasteiger charge is -2.18. The molecule has 20 heavy (non-hydrogen) atoms. The summed E-state index contributed by atoms with van der Waals surface area (Å²) >= 11 is 0. The Bertz CT molecular complexity index is 634. The number of carbonyl (C=O) groups excluding carboxylic acids is 1. The highest BCUT2D eigenvalue weighted by atomic mass is 16.2. The third-order valence-electron chi connectivity index (χ3n) is 3.66. The van der Waals surface area contributed by atoms with E-state index in [0.29, 0.717) is 12.5 Å². The fourth-order valence-corrected chi connectivity index (χ4v) is 2.65. The van der Waals surface area contributed by atoms with Gasteiger partial charge in [0, 0.05) is 43.5 Å². The van der Waals surface area contributed by atoms with Gasteiger partial charge >= 0.3 is 6.03 Å². The average molecular weight is 270 g/mol. The predicted octanol–water partition coefficient (Wildman–Crippen LogP) is 2.25. The van der Waals surface area contributed by atoms with Crippen molar-refractivity contribution in [2.24, 2.45) is 7.05 Å². The quantitative estimate of drug-likeness (QED) is 0.910. The summed E-state index contributed by atoms with van der Waals surface area (Å²) in [5.41, 5.74) is 3.26. The molecule has 0 bridgehead atoms. The molecule has 1 aliphatic rings. The molecule has 1 atom stereocenters. The van der Waals surface area contributed by atoms with Crippen molar-refractivity contribution >= 4 is 11.7 Å². The first kappa shape index (κ1) is 12.7. The Balaban J connectivity index is 1.69. The van der Waals surface area contributed by atoms with Crippen LogP contribution in [0.4, 0.5) is 10.5 Å². The molecule has 104 valence electrons. The molecule has 0 spiro atoms. The van der Waals surface area contributed by atoms with Crippen LogP contribution in [-0.2, 0) is 13.6 Å². The standard InChI is InChI=1S/C15H18N4O/c1-11-9-19(14-6-4-3-5-13(11)14)15(20)16-7-12-8-17-18(2)10-12/h3-6,8,10-11H,7,9H2,1-2H3,(H,16,20). The summed E-state index contributed by atoms with van der Waals surface area (Å²) in [6.07, 6.45) is 3.67. The summed E-state index contributed by atoms with van der Waals surface area (Å²) in [4.78, 5) is 14.1. The van der Waals surface area contributed by atoms with Crippen molar-refractivity contribution in [3.8, 4) is 0 Å². The third kappa shape index (κ3) is 2.27. The van der Waals surface area contributed by atoms with Crippen LogP contribution in [0.1, 0.15) is 24.0 Å². The first-order chi connectivity index (χ1) is 9.65. The maximum Gasteiger partial charge on any atom is 0.322 e. The van der Waals surface area contributed by atoms with E-state index >= 15 is 0 Å². The summed E-state index contributed by atoms with van der Waals surface area (Å²) in [6, 6.07) is 8.03. The number of nitrogens with zero attached hydrogens (tertiary/aromatic N) is 3. The monoisotopic (exact) mass is 270 g/mol. The summed E-state index contributed by atoms with van der Waals surface area (Å²) < 4.78 is 1.73. The summed E-state index contributed by atoms with van der Waals surface area (Å²) in [6.45, 7) is 3.38. The highest BCUT2D eigenvalue weighted by Crippen LogP contribution is 2.35. The van der Waals surface area contributed by atoms with Crippen LogP contribution in [0.5, 0.6) is 0 Å². The van der Waals surface area contributed by atoms with Gasteiger partial charge in [-0.2, -0.15) is 5.10 Å². The van der Waals surface area contributed by atoms with Crippen LogP contribution in [0.25, 0.3) is 0 Å². The maximum atomic E-state index is 12.3. The van der Waals surface area contributed by atoms with E-state index < -0.39 is 0 Å². The van der Waals surface area contributed by atoms with Crippen molar-refractivity contribution in [1.82, 2.24) is 15.1 Å². The molecular weight excluding hydrogens is 252 g/mol. The van der Waals surface area contributed by atoms with Crippen LogP contribution in [-0.4, -0.2) is 22.4 Å². The number of nitrogens with one attached hydrogen (secondary N) is 1. The highest BCUT2D eigenvalue weighted by molar-refractivity contribution is 5.94. The van der Waals surface area contributed by atoms with Gasteiger partial charge in [0.2, 0.25) is 0 Å². The van der Waals surface area contributed by atoms with Crippen molar-refractivity contribution in [2.45, 2.75) is 19.4 Å². The number of anilines is 1. The zero-order valence-electron chi connectivity index (χ0n) is 11.7. The minimum absolute atomic E-state index is 0.0503. The van der Waals surface area contributed by atoms with Crippen LogP contribution in [0, 0.1) is 0 Å². The van der Waals surface area contributed by atoms with E-state index in [1.165, 1.54) is 5.56 Å².